The van der Waals surface area contributed by atoms with Crippen LogP contribution in [0.25, 0.3) is 0 Å². The molecule has 0 aromatic carbocycles. The highest BCUT2D eigenvalue weighted by molar-refractivity contribution is 6.01. The Labute approximate surface area is 116 Å². The number of hydrogen-bond donors (Lipinski definition) is 2. The summed E-state index contributed by atoms with van der Waals surface area (Å²) in [5.74, 6) is -1.70. The summed E-state index contributed by atoms with van der Waals surface area (Å²) < 4.78 is 0. The summed E-state index contributed by atoms with van der Waals surface area (Å²) in [5.41, 5.74) is 0. The molecule has 2 N–H and O–H groups in total. The SMILES string of the molecule is CCN(CCC(=O)O)C(=O)NC1CCC(=O)N(C)C1=O. The number of urea groups is 1. The summed E-state index contributed by atoms with van der Waals surface area (Å²) in [7, 11) is 1.38. The van der Waals surface area contributed by atoms with Gasteiger partial charge in [-0.3, -0.25) is 19.3 Å². The number of nitrogens with one attached hydrogen (secondary N) is 1. The van der Waals surface area contributed by atoms with Gasteiger partial charge < -0.3 is 15.3 Å². The maximum absolute atomic E-state index is 12.0. The monoisotopic (exact) mass is 285 g/mol. The van der Waals surface area contributed by atoms with Crippen molar-refractivity contribution in [2.75, 3.05) is 20.1 Å². The molecular weight excluding hydrogens is 266 g/mol. The van der Waals surface area contributed by atoms with Crippen molar-refractivity contribution in [3.8, 4) is 0 Å². The van der Waals surface area contributed by atoms with Crippen LogP contribution in [0.2, 0.25) is 0 Å². The summed E-state index contributed by atoms with van der Waals surface area (Å²) in [6, 6.07) is -1.22. The van der Waals surface area contributed by atoms with Crippen LogP contribution in [0.4, 0.5) is 4.79 Å². The number of likely N-dealkylation sites (N-methyl/N-ethyl adjacent to an activating group) is 1. The molecule has 0 aromatic heterocycles. The van der Waals surface area contributed by atoms with Crippen molar-refractivity contribution in [1.29, 1.82) is 0 Å². The van der Waals surface area contributed by atoms with Crippen molar-refractivity contribution in [1.82, 2.24) is 15.1 Å². The zero-order valence-corrected chi connectivity index (χ0v) is 11.6. The number of carbonyl (C=O) groups is 4. The standard InChI is InChI=1S/C12H19N3O5/c1-3-15(7-6-10(17)18)12(20)13-8-4-5-9(16)14(2)11(8)19/h8H,3-7H2,1-2H3,(H,13,20)(H,17,18). The van der Waals surface area contributed by atoms with E-state index in [0.29, 0.717) is 6.54 Å². The molecule has 1 saturated heterocycles. The second-order valence-electron chi connectivity index (χ2n) is 4.56. The Balaban J connectivity index is 2.57. The molecule has 0 aliphatic carbocycles. The van der Waals surface area contributed by atoms with Crippen LogP contribution in [0.1, 0.15) is 26.2 Å². The molecule has 1 heterocycles. The van der Waals surface area contributed by atoms with Gasteiger partial charge in [-0.25, -0.2) is 4.79 Å². The molecule has 1 atom stereocenters. The number of likely N-dealkylation sites (tertiary alicyclic amines) is 1. The average molecular weight is 285 g/mol. The number of carboxylic acids is 1. The van der Waals surface area contributed by atoms with Gasteiger partial charge >= 0.3 is 12.0 Å². The van der Waals surface area contributed by atoms with E-state index in [1.807, 2.05) is 0 Å². The molecule has 112 valence electrons. The first-order valence-corrected chi connectivity index (χ1v) is 6.44. The largest absolute Gasteiger partial charge is 0.481 e. The first kappa shape index (κ1) is 15.9. The Kier molecular flexibility index (Phi) is 5.48. The summed E-state index contributed by atoms with van der Waals surface area (Å²) in [5, 5.41) is 11.2. The smallest absolute Gasteiger partial charge is 0.318 e. The minimum atomic E-state index is -0.990. The van der Waals surface area contributed by atoms with Crippen LogP contribution < -0.4 is 5.32 Å². The number of amides is 4. The zero-order chi connectivity index (χ0) is 15.3. The molecule has 8 heteroatoms. The van der Waals surface area contributed by atoms with Gasteiger partial charge in [-0.2, -0.15) is 0 Å². The summed E-state index contributed by atoms with van der Waals surface area (Å²) in [6.07, 6.45) is 0.316. The second kappa shape index (κ2) is 6.88. The maximum atomic E-state index is 12.0. The highest BCUT2D eigenvalue weighted by Crippen LogP contribution is 2.11. The molecule has 1 fully saturated rings. The Morgan fingerprint density at radius 3 is 2.65 bits per heavy atom. The second-order valence-corrected chi connectivity index (χ2v) is 4.56. The Bertz CT molecular complexity index is 423. The van der Waals surface area contributed by atoms with E-state index in [9.17, 15) is 19.2 Å². The van der Waals surface area contributed by atoms with E-state index >= 15 is 0 Å². The van der Waals surface area contributed by atoms with Crippen molar-refractivity contribution in [2.45, 2.75) is 32.2 Å². The topological polar surface area (TPSA) is 107 Å². The Hall–Kier alpha value is -2.12. The number of carbonyl (C=O) groups excluding carboxylic acids is 3. The normalized spacial score (nSPS) is 18.9. The maximum Gasteiger partial charge on any atom is 0.318 e. The van der Waals surface area contributed by atoms with Gasteiger partial charge in [0.2, 0.25) is 5.91 Å². The van der Waals surface area contributed by atoms with Crippen LogP contribution in [0, 0.1) is 0 Å². The van der Waals surface area contributed by atoms with Gasteiger partial charge in [0, 0.05) is 26.6 Å². The van der Waals surface area contributed by atoms with Crippen molar-refractivity contribution >= 4 is 23.8 Å². The van der Waals surface area contributed by atoms with Gasteiger partial charge in [0.05, 0.1) is 6.42 Å². The molecule has 20 heavy (non-hydrogen) atoms. The highest BCUT2D eigenvalue weighted by atomic mass is 16.4. The number of imide groups is 1. The fourth-order valence-electron chi connectivity index (χ4n) is 1.92. The molecule has 1 rings (SSSR count). The molecule has 0 radical (unpaired) electrons. The van der Waals surface area contributed by atoms with Crippen LogP contribution in [0.3, 0.4) is 0 Å². The average Bonchev–Trinajstić information content (AvgIpc) is 2.40. The van der Waals surface area contributed by atoms with Gasteiger partial charge in [-0.15, -0.1) is 0 Å². The van der Waals surface area contributed by atoms with Crippen molar-refractivity contribution in [3.05, 3.63) is 0 Å². The highest BCUT2D eigenvalue weighted by Gasteiger charge is 2.33. The van der Waals surface area contributed by atoms with Crippen LogP contribution in [-0.2, 0) is 14.4 Å². The minimum absolute atomic E-state index is 0.0767. The first-order chi connectivity index (χ1) is 9.36. The van der Waals surface area contributed by atoms with Gasteiger partial charge in [-0.1, -0.05) is 0 Å². The molecule has 0 bridgehead atoms. The fraction of sp³-hybridized carbons (Fsp3) is 0.667. The summed E-state index contributed by atoms with van der Waals surface area (Å²) in [4.78, 5) is 47.9. The lowest BCUT2D eigenvalue weighted by atomic mass is 10.1. The predicted octanol–water partition coefficient (Wildman–Crippen LogP) is -0.360. The lowest BCUT2D eigenvalue weighted by molar-refractivity contribution is -0.148. The van der Waals surface area contributed by atoms with Crippen molar-refractivity contribution in [2.24, 2.45) is 0 Å². The molecule has 0 saturated carbocycles. The van der Waals surface area contributed by atoms with E-state index in [4.69, 9.17) is 5.11 Å². The lowest BCUT2D eigenvalue weighted by Gasteiger charge is -2.30. The number of piperidine rings is 1. The van der Waals surface area contributed by atoms with E-state index in [1.54, 1.807) is 6.92 Å². The number of carboxylic acid groups (broad SMARTS) is 1. The molecule has 1 aliphatic rings. The quantitative estimate of drug-likeness (QED) is 0.671. The third-order valence-corrected chi connectivity index (χ3v) is 3.21. The number of rotatable bonds is 5. The molecule has 4 amide bonds. The van der Waals surface area contributed by atoms with E-state index in [1.165, 1.54) is 11.9 Å². The van der Waals surface area contributed by atoms with Crippen LogP contribution in [-0.4, -0.2) is 64.9 Å². The Morgan fingerprint density at radius 2 is 2.10 bits per heavy atom. The van der Waals surface area contributed by atoms with Crippen LogP contribution in [0.5, 0.6) is 0 Å². The van der Waals surface area contributed by atoms with Crippen LogP contribution in [0.15, 0.2) is 0 Å². The number of hydrogen-bond acceptors (Lipinski definition) is 4. The van der Waals surface area contributed by atoms with Crippen LogP contribution >= 0.6 is 0 Å². The molecule has 0 spiro atoms. The summed E-state index contributed by atoms with van der Waals surface area (Å²) >= 11 is 0. The summed E-state index contributed by atoms with van der Waals surface area (Å²) in [6.45, 7) is 2.14. The molecule has 1 unspecified atom stereocenters. The molecular formula is C12H19N3O5. The predicted molar refractivity (Wildman–Crippen MR) is 68.8 cm³/mol. The zero-order valence-electron chi connectivity index (χ0n) is 11.6. The first-order valence-electron chi connectivity index (χ1n) is 6.44. The van der Waals surface area contributed by atoms with Gasteiger partial charge in [0.1, 0.15) is 6.04 Å². The van der Waals surface area contributed by atoms with E-state index in [2.05, 4.69) is 5.32 Å². The third-order valence-electron chi connectivity index (χ3n) is 3.21. The number of nitrogens with zero attached hydrogens (tertiary/aromatic N) is 2. The fourth-order valence-corrected chi connectivity index (χ4v) is 1.92. The Morgan fingerprint density at radius 1 is 1.45 bits per heavy atom. The van der Waals surface area contributed by atoms with E-state index in [-0.39, 0.29) is 31.7 Å². The minimum Gasteiger partial charge on any atom is -0.481 e. The van der Waals surface area contributed by atoms with Gasteiger partial charge in [-0.05, 0) is 13.3 Å². The van der Waals surface area contributed by atoms with Crippen molar-refractivity contribution < 1.29 is 24.3 Å². The van der Waals surface area contributed by atoms with E-state index in [0.717, 1.165) is 4.90 Å². The molecule has 0 aromatic rings. The van der Waals surface area contributed by atoms with Gasteiger partial charge in [0.15, 0.2) is 0 Å². The lowest BCUT2D eigenvalue weighted by Crippen LogP contribution is -2.55. The van der Waals surface area contributed by atoms with E-state index < -0.39 is 23.9 Å². The van der Waals surface area contributed by atoms with Gasteiger partial charge in [0.25, 0.3) is 5.91 Å². The molecule has 8 nitrogen and oxygen atoms in total. The third kappa shape index (κ3) is 3.94. The molecule has 1 aliphatic heterocycles. The number of aliphatic carboxylic acids is 1. The van der Waals surface area contributed by atoms with Crippen molar-refractivity contribution in [3.63, 3.8) is 0 Å².